The molecule has 0 radical (unpaired) electrons. The molecule has 0 saturated carbocycles. The fraction of sp³-hybridized carbons (Fsp3) is 0.619. The Bertz CT molecular complexity index is 870. The Balaban J connectivity index is 1.30. The molecular formula is C21H28N4O2S. The number of aromatic nitrogens is 1. The molecule has 2 fully saturated rings. The van der Waals surface area contributed by atoms with Crippen LogP contribution in [0, 0.1) is 0 Å². The average molecular weight is 401 g/mol. The smallest absolute Gasteiger partial charge is 0.295 e. The fourth-order valence-electron chi connectivity index (χ4n) is 4.87. The minimum atomic E-state index is -0.116. The molecule has 2 aromatic rings. The lowest BCUT2D eigenvalue weighted by Crippen LogP contribution is -2.33. The molecule has 2 bridgehead atoms. The first kappa shape index (κ1) is 18.3. The molecular weight excluding hydrogens is 372 g/mol. The quantitative estimate of drug-likeness (QED) is 0.783. The number of piperidine rings is 1. The van der Waals surface area contributed by atoms with E-state index < -0.39 is 0 Å². The van der Waals surface area contributed by atoms with E-state index in [1.54, 1.807) is 29.4 Å². The molecule has 3 aliphatic heterocycles. The van der Waals surface area contributed by atoms with Gasteiger partial charge in [0.05, 0.1) is 12.2 Å². The normalized spacial score (nSPS) is 25.1. The number of furan rings is 1. The Hall–Kier alpha value is -1.70. The highest BCUT2D eigenvalue weighted by molar-refractivity contribution is 7.16. The van der Waals surface area contributed by atoms with E-state index in [4.69, 9.17) is 9.40 Å². The molecule has 6 nitrogen and oxygen atoms in total. The largest absolute Gasteiger partial charge is 0.455 e. The van der Waals surface area contributed by atoms with E-state index >= 15 is 0 Å². The fourth-order valence-corrected chi connectivity index (χ4v) is 6.11. The van der Waals surface area contributed by atoms with Gasteiger partial charge in [0.2, 0.25) is 0 Å². The Labute approximate surface area is 170 Å². The van der Waals surface area contributed by atoms with Gasteiger partial charge in [0.25, 0.3) is 5.91 Å². The number of rotatable bonds is 4. The zero-order chi connectivity index (χ0) is 19.3. The standard InChI is InChI=1S/C21H28N4O2S/c1-23-14-6-8-17(23)19-16(12-14)22-21(28-19)24(2)20(26)18-9-7-15(27-18)13-25-10-4-3-5-11-25/h7,9,14,17H,3-6,8,10-13H2,1-2H3/t14-,17+/m0/s1. The molecule has 2 saturated heterocycles. The molecule has 7 heteroatoms. The summed E-state index contributed by atoms with van der Waals surface area (Å²) in [6.45, 7) is 3.02. The van der Waals surface area contributed by atoms with E-state index in [0.717, 1.165) is 36.9 Å². The molecule has 5 heterocycles. The number of hydrogen-bond acceptors (Lipinski definition) is 6. The Morgan fingerprint density at radius 1 is 1.29 bits per heavy atom. The van der Waals surface area contributed by atoms with Crippen molar-refractivity contribution in [1.29, 1.82) is 0 Å². The molecule has 0 aliphatic carbocycles. The van der Waals surface area contributed by atoms with Crippen LogP contribution in [0.15, 0.2) is 16.5 Å². The van der Waals surface area contributed by atoms with Crippen LogP contribution in [-0.4, -0.2) is 53.9 Å². The Kier molecular flexibility index (Phi) is 4.77. The molecule has 28 heavy (non-hydrogen) atoms. The highest BCUT2D eigenvalue weighted by atomic mass is 32.1. The number of carbonyl (C=O) groups is 1. The predicted molar refractivity (Wildman–Crippen MR) is 110 cm³/mol. The summed E-state index contributed by atoms with van der Waals surface area (Å²) in [5.41, 5.74) is 1.19. The molecule has 0 N–H and O–H groups in total. The van der Waals surface area contributed by atoms with Crippen LogP contribution >= 0.6 is 11.3 Å². The number of nitrogens with zero attached hydrogens (tertiary/aromatic N) is 4. The first-order valence-corrected chi connectivity index (χ1v) is 11.2. The first-order chi connectivity index (χ1) is 13.6. The average Bonchev–Trinajstić information content (AvgIpc) is 3.40. The monoisotopic (exact) mass is 400 g/mol. The molecule has 2 atom stereocenters. The van der Waals surface area contributed by atoms with E-state index in [1.165, 1.54) is 42.7 Å². The highest BCUT2D eigenvalue weighted by Gasteiger charge is 2.40. The maximum absolute atomic E-state index is 13.0. The lowest BCUT2D eigenvalue weighted by atomic mass is 10.1. The van der Waals surface area contributed by atoms with Crippen LogP contribution in [-0.2, 0) is 13.0 Å². The van der Waals surface area contributed by atoms with Gasteiger partial charge in [-0.1, -0.05) is 17.8 Å². The molecule has 2 aromatic heterocycles. The third-order valence-electron chi connectivity index (χ3n) is 6.58. The molecule has 150 valence electrons. The summed E-state index contributed by atoms with van der Waals surface area (Å²) in [6.07, 6.45) is 7.27. The number of hydrogen-bond donors (Lipinski definition) is 0. The maximum Gasteiger partial charge on any atom is 0.295 e. The number of fused-ring (bicyclic) bond motifs is 4. The van der Waals surface area contributed by atoms with Gasteiger partial charge in [-0.25, -0.2) is 4.98 Å². The summed E-state index contributed by atoms with van der Waals surface area (Å²) in [5.74, 6) is 1.16. The van der Waals surface area contributed by atoms with Gasteiger partial charge in [-0.3, -0.25) is 19.5 Å². The second-order valence-electron chi connectivity index (χ2n) is 8.39. The minimum Gasteiger partial charge on any atom is -0.455 e. The van der Waals surface area contributed by atoms with Crippen molar-refractivity contribution >= 4 is 22.4 Å². The number of likely N-dealkylation sites (tertiary alicyclic amines) is 1. The van der Waals surface area contributed by atoms with Crippen molar-refractivity contribution in [3.63, 3.8) is 0 Å². The third kappa shape index (κ3) is 3.19. The van der Waals surface area contributed by atoms with Crippen LogP contribution in [0.2, 0.25) is 0 Å². The minimum absolute atomic E-state index is 0.116. The van der Waals surface area contributed by atoms with Crippen molar-refractivity contribution in [3.8, 4) is 0 Å². The Morgan fingerprint density at radius 2 is 2.11 bits per heavy atom. The van der Waals surface area contributed by atoms with Gasteiger partial charge in [0.1, 0.15) is 5.76 Å². The van der Waals surface area contributed by atoms with Crippen molar-refractivity contribution in [2.75, 3.05) is 32.1 Å². The maximum atomic E-state index is 13.0. The lowest BCUT2D eigenvalue weighted by molar-refractivity contribution is 0.0962. The van der Waals surface area contributed by atoms with Crippen LogP contribution in [0.25, 0.3) is 0 Å². The van der Waals surface area contributed by atoms with Crippen molar-refractivity contribution in [2.45, 2.75) is 57.2 Å². The van der Waals surface area contributed by atoms with Crippen molar-refractivity contribution in [1.82, 2.24) is 14.8 Å². The van der Waals surface area contributed by atoms with E-state index in [0.29, 0.717) is 17.8 Å². The molecule has 0 spiro atoms. The lowest BCUT2D eigenvalue weighted by Gasteiger charge is -2.29. The van der Waals surface area contributed by atoms with Gasteiger partial charge >= 0.3 is 0 Å². The van der Waals surface area contributed by atoms with Crippen molar-refractivity contribution in [3.05, 3.63) is 34.2 Å². The van der Waals surface area contributed by atoms with E-state index in [9.17, 15) is 4.79 Å². The molecule has 0 aromatic carbocycles. The summed E-state index contributed by atoms with van der Waals surface area (Å²) in [6, 6.07) is 4.83. The number of anilines is 1. The van der Waals surface area contributed by atoms with Gasteiger partial charge in [-0.05, 0) is 58.0 Å². The number of likely N-dealkylation sites (N-methyl/N-ethyl adjacent to an activating group) is 1. The van der Waals surface area contributed by atoms with Crippen LogP contribution in [0.1, 0.15) is 65.0 Å². The molecule has 5 rings (SSSR count). The zero-order valence-electron chi connectivity index (χ0n) is 16.7. The zero-order valence-corrected chi connectivity index (χ0v) is 17.5. The molecule has 1 amide bonds. The van der Waals surface area contributed by atoms with Crippen LogP contribution in [0.4, 0.5) is 5.13 Å². The summed E-state index contributed by atoms with van der Waals surface area (Å²) < 4.78 is 5.90. The first-order valence-electron chi connectivity index (χ1n) is 10.4. The number of thiazole rings is 1. The topological polar surface area (TPSA) is 52.8 Å². The summed E-state index contributed by atoms with van der Waals surface area (Å²) >= 11 is 1.67. The van der Waals surface area contributed by atoms with E-state index in [-0.39, 0.29) is 5.91 Å². The van der Waals surface area contributed by atoms with Crippen LogP contribution in [0.3, 0.4) is 0 Å². The van der Waals surface area contributed by atoms with E-state index in [1.807, 2.05) is 6.07 Å². The Morgan fingerprint density at radius 3 is 2.93 bits per heavy atom. The highest BCUT2D eigenvalue weighted by Crippen LogP contribution is 2.46. The van der Waals surface area contributed by atoms with Gasteiger partial charge in [0.15, 0.2) is 10.9 Å². The van der Waals surface area contributed by atoms with Gasteiger partial charge in [-0.2, -0.15) is 0 Å². The van der Waals surface area contributed by atoms with Crippen LogP contribution in [0.5, 0.6) is 0 Å². The van der Waals surface area contributed by atoms with Gasteiger partial charge in [0, 0.05) is 30.4 Å². The van der Waals surface area contributed by atoms with Crippen molar-refractivity contribution < 1.29 is 9.21 Å². The van der Waals surface area contributed by atoms with Gasteiger partial charge < -0.3 is 4.42 Å². The summed E-state index contributed by atoms with van der Waals surface area (Å²) in [7, 11) is 4.02. The molecule has 0 unspecified atom stereocenters. The van der Waals surface area contributed by atoms with E-state index in [2.05, 4.69) is 16.8 Å². The van der Waals surface area contributed by atoms with Gasteiger partial charge in [-0.15, -0.1) is 0 Å². The predicted octanol–water partition coefficient (Wildman–Crippen LogP) is 3.69. The summed E-state index contributed by atoms with van der Waals surface area (Å²) in [4.78, 5) is 25.7. The second-order valence-corrected chi connectivity index (χ2v) is 9.40. The molecule has 3 aliphatic rings. The van der Waals surface area contributed by atoms with Crippen molar-refractivity contribution in [2.24, 2.45) is 0 Å². The SMILES string of the molecule is CN(C(=O)c1ccc(CN2CCCCC2)o1)c1nc2c(s1)[C@H]1CC[C@@H](C2)N1C. The number of amides is 1. The van der Waals surface area contributed by atoms with Crippen LogP contribution < -0.4 is 4.90 Å². The third-order valence-corrected chi connectivity index (χ3v) is 7.86. The second kappa shape index (κ2) is 7.28. The summed E-state index contributed by atoms with van der Waals surface area (Å²) in [5, 5.41) is 0.782. The number of carbonyl (C=O) groups excluding carboxylic acids is 1.